The van der Waals surface area contributed by atoms with Crippen LogP contribution in [0, 0.1) is 5.21 Å². The quantitative estimate of drug-likeness (QED) is 0.435. The Morgan fingerprint density at radius 2 is 2.17 bits per heavy atom. The fourth-order valence-corrected chi connectivity index (χ4v) is 2.56. The van der Waals surface area contributed by atoms with Crippen LogP contribution in [0.15, 0.2) is 0 Å². The smallest absolute Gasteiger partial charge is 0.196 e. The van der Waals surface area contributed by atoms with Crippen molar-refractivity contribution in [2.45, 2.75) is 50.7 Å². The van der Waals surface area contributed by atoms with E-state index < -0.39 is 11.1 Å². The van der Waals surface area contributed by atoms with Gasteiger partial charge in [0.25, 0.3) is 0 Å². The summed E-state index contributed by atoms with van der Waals surface area (Å²) in [6.07, 6.45) is 3.10. The summed E-state index contributed by atoms with van der Waals surface area (Å²) in [6.45, 7) is 3.78. The zero-order chi connectivity index (χ0) is 8.98. The highest BCUT2D eigenvalue weighted by Gasteiger charge is 2.56. The molecule has 0 aromatic heterocycles. The van der Waals surface area contributed by atoms with Gasteiger partial charge < -0.3 is 10.3 Å². The van der Waals surface area contributed by atoms with Crippen LogP contribution in [0.3, 0.4) is 0 Å². The van der Waals surface area contributed by atoms with Crippen molar-refractivity contribution in [3.8, 4) is 0 Å². The molecule has 1 aliphatic carbocycles. The maximum Gasteiger partial charge on any atom is 0.196 e. The molecule has 0 saturated heterocycles. The van der Waals surface area contributed by atoms with E-state index in [1.54, 1.807) is 0 Å². The lowest BCUT2D eigenvalue weighted by Crippen LogP contribution is -2.32. The molecule has 1 heterocycles. The van der Waals surface area contributed by atoms with Crippen LogP contribution in [0.1, 0.15) is 39.5 Å². The molecular weight excluding hydrogens is 154 g/mol. The average Bonchev–Trinajstić information content (AvgIpc) is 2.33. The molecule has 1 aliphatic heterocycles. The van der Waals surface area contributed by atoms with Crippen molar-refractivity contribution < 1.29 is 9.85 Å². The predicted molar refractivity (Wildman–Crippen MR) is 46.1 cm³/mol. The van der Waals surface area contributed by atoms with Gasteiger partial charge in [0.05, 0.1) is 6.42 Å². The van der Waals surface area contributed by atoms with Crippen LogP contribution in [0.5, 0.6) is 0 Å². The summed E-state index contributed by atoms with van der Waals surface area (Å²) in [5, 5.41) is 21.7. The molecule has 0 radical (unpaired) electrons. The maximum atomic E-state index is 11.6. The second-order valence-electron chi connectivity index (χ2n) is 4.62. The van der Waals surface area contributed by atoms with Crippen molar-refractivity contribution in [2.24, 2.45) is 0 Å². The molecular formula is C9H15NO2. The second kappa shape index (κ2) is 2.02. The van der Waals surface area contributed by atoms with Crippen LogP contribution in [0.2, 0.25) is 0 Å². The number of rotatable bonds is 0. The van der Waals surface area contributed by atoms with E-state index in [0.29, 0.717) is 12.1 Å². The Bertz CT molecular complexity index is 257. The third-order valence-corrected chi connectivity index (χ3v) is 3.06. The van der Waals surface area contributed by atoms with Crippen molar-refractivity contribution in [1.29, 1.82) is 0 Å². The van der Waals surface area contributed by atoms with Crippen LogP contribution in [0.4, 0.5) is 0 Å². The van der Waals surface area contributed by atoms with E-state index in [-0.39, 0.29) is 0 Å². The number of hydrogen-bond acceptors (Lipinski definition) is 2. The highest BCUT2D eigenvalue weighted by Crippen LogP contribution is 2.41. The van der Waals surface area contributed by atoms with Gasteiger partial charge in [0.15, 0.2) is 16.9 Å². The molecule has 0 aromatic carbocycles. The Morgan fingerprint density at radius 3 is 2.75 bits per heavy atom. The summed E-state index contributed by atoms with van der Waals surface area (Å²) in [5.74, 6) is 0. The van der Waals surface area contributed by atoms with E-state index in [1.165, 1.54) is 0 Å². The Hall–Kier alpha value is -0.570. The van der Waals surface area contributed by atoms with Gasteiger partial charge in [-0.3, -0.25) is 0 Å². The molecule has 3 nitrogen and oxygen atoms in total. The zero-order valence-electron chi connectivity index (χ0n) is 7.63. The van der Waals surface area contributed by atoms with Crippen molar-refractivity contribution in [3.63, 3.8) is 0 Å². The Morgan fingerprint density at radius 1 is 1.50 bits per heavy atom. The Kier molecular flexibility index (Phi) is 1.35. The molecule has 0 spiro atoms. The minimum Gasteiger partial charge on any atom is -0.623 e. The summed E-state index contributed by atoms with van der Waals surface area (Å²) in [4.78, 5) is 0. The molecule has 0 amide bonds. The number of aliphatic hydroxyl groups is 1. The number of nitrogens with zero attached hydrogens (tertiary/aromatic N) is 1. The van der Waals surface area contributed by atoms with Gasteiger partial charge in [0, 0.05) is 20.3 Å². The van der Waals surface area contributed by atoms with Crippen LogP contribution < -0.4 is 0 Å². The van der Waals surface area contributed by atoms with Crippen molar-refractivity contribution in [2.75, 3.05) is 0 Å². The third kappa shape index (κ3) is 0.829. The van der Waals surface area contributed by atoms with Gasteiger partial charge in [-0.2, -0.15) is 0 Å². The van der Waals surface area contributed by atoms with Gasteiger partial charge >= 0.3 is 0 Å². The van der Waals surface area contributed by atoms with E-state index in [4.69, 9.17) is 0 Å². The highest BCUT2D eigenvalue weighted by molar-refractivity contribution is 5.91. The number of hydroxylamine groups is 1. The van der Waals surface area contributed by atoms with Crippen LogP contribution in [-0.2, 0) is 0 Å². The normalized spacial score (nSPS) is 38.9. The fourth-order valence-electron chi connectivity index (χ4n) is 2.56. The highest BCUT2D eigenvalue weighted by atomic mass is 16.5. The minimum absolute atomic E-state index is 0.398. The van der Waals surface area contributed by atoms with Crippen molar-refractivity contribution in [1.82, 2.24) is 0 Å². The third-order valence-electron chi connectivity index (χ3n) is 3.06. The minimum atomic E-state index is -0.759. The van der Waals surface area contributed by atoms with E-state index >= 15 is 0 Å². The van der Waals surface area contributed by atoms with Crippen molar-refractivity contribution >= 4 is 5.71 Å². The average molecular weight is 169 g/mol. The van der Waals surface area contributed by atoms with Gasteiger partial charge in [-0.25, -0.2) is 4.74 Å². The summed E-state index contributed by atoms with van der Waals surface area (Å²) in [6, 6.07) is 0. The molecule has 1 N–H and O–H groups in total. The van der Waals surface area contributed by atoms with Crippen LogP contribution in [-0.4, -0.2) is 26.7 Å². The lowest BCUT2D eigenvalue weighted by molar-refractivity contribution is -0.532. The van der Waals surface area contributed by atoms with E-state index in [1.807, 2.05) is 13.8 Å². The first-order chi connectivity index (χ1) is 5.46. The van der Waals surface area contributed by atoms with Gasteiger partial charge in [-0.15, -0.1) is 0 Å². The Labute approximate surface area is 72.3 Å². The molecule has 3 heteroatoms. The largest absolute Gasteiger partial charge is 0.623 e. The summed E-state index contributed by atoms with van der Waals surface area (Å²) in [5.41, 5.74) is -0.442. The van der Waals surface area contributed by atoms with Gasteiger partial charge in [-0.05, 0) is 12.8 Å². The molecule has 2 aliphatic rings. The summed E-state index contributed by atoms with van der Waals surface area (Å²) < 4.78 is 1.03. The van der Waals surface area contributed by atoms with E-state index in [9.17, 15) is 10.3 Å². The molecule has 1 saturated carbocycles. The summed E-state index contributed by atoms with van der Waals surface area (Å²) in [7, 11) is 0. The van der Waals surface area contributed by atoms with Gasteiger partial charge in [0.2, 0.25) is 0 Å². The first-order valence-electron chi connectivity index (χ1n) is 4.52. The monoisotopic (exact) mass is 169 g/mol. The molecule has 2 rings (SSSR count). The molecule has 1 atom stereocenters. The topological polar surface area (TPSA) is 46.3 Å². The number of fused-ring (bicyclic) bond motifs is 1. The zero-order valence-corrected chi connectivity index (χ0v) is 7.63. The number of hydrogen-bond donors (Lipinski definition) is 1. The maximum absolute atomic E-state index is 11.6. The first kappa shape index (κ1) is 8.05. The summed E-state index contributed by atoms with van der Waals surface area (Å²) >= 11 is 0. The van der Waals surface area contributed by atoms with E-state index in [2.05, 4.69) is 0 Å². The molecule has 68 valence electrons. The SMILES string of the molecule is CC1(C)CC2(O)CCCC2=[N+]1[O-]. The van der Waals surface area contributed by atoms with Gasteiger partial charge in [0.1, 0.15) is 0 Å². The first-order valence-corrected chi connectivity index (χ1v) is 4.52. The molecule has 0 bridgehead atoms. The van der Waals surface area contributed by atoms with Crippen LogP contribution >= 0.6 is 0 Å². The standard InChI is InChI=1S/C9H15NO2/c1-8(2)6-9(11)5-3-4-7(9)10(8)12/h11H,3-6H2,1-2H3. The molecule has 12 heavy (non-hydrogen) atoms. The molecule has 1 fully saturated rings. The predicted octanol–water partition coefficient (Wildman–Crippen LogP) is 1.03. The van der Waals surface area contributed by atoms with Gasteiger partial charge in [-0.1, -0.05) is 0 Å². The van der Waals surface area contributed by atoms with Crippen molar-refractivity contribution in [3.05, 3.63) is 5.21 Å². The second-order valence-corrected chi connectivity index (χ2v) is 4.62. The van der Waals surface area contributed by atoms with E-state index in [0.717, 1.165) is 24.0 Å². The lowest BCUT2D eigenvalue weighted by Gasteiger charge is -2.19. The molecule has 1 unspecified atom stereocenters. The fraction of sp³-hybridized carbons (Fsp3) is 0.889. The lowest BCUT2D eigenvalue weighted by atomic mass is 9.90. The van der Waals surface area contributed by atoms with Crippen LogP contribution in [0.25, 0.3) is 0 Å². The molecule has 0 aromatic rings. The Balaban J connectivity index is 2.45.